The molecular weight excluding hydrogens is 328 g/mol. The summed E-state index contributed by atoms with van der Waals surface area (Å²) in [5.41, 5.74) is 2.15. The topological polar surface area (TPSA) is 35.0 Å². The predicted molar refractivity (Wildman–Crippen MR) is 95.6 cm³/mol. The first-order valence-corrected chi connectivity index (χ1v) is 8.53. The first kappa shape index (κ1) is 16.0. The summed E-state index contributed by atoms with van der Waals surface area (Å²) < 4.78 is 5.70. The van der Waals surface area contributed by atoms with Gasteiger partial charge in [0.25, 0.3) is 0 Å². The lowest BCUT2D eigenvalue weighted by molar-refractivity contribution is 0.463. The highest BCUT2D eigenvalue weighted by Crippen LogP contribution is 2.30. The largest absolute Gasteiger partial charge is 0.439 e. The van der Waals surface area contributed by atoms with Crippen LogP contribution in [0.4, 0.5) is 0 Å². The summed E-state index contributed by atoms with van der Waals surface area (Å²) in [5.74, 6) is 1.25. The average Bonchev–Trinajstić information content (AvgIpc) is 3.00. The van der Waals surface area contributed by atoms with Gasteiger partial charge < -0.3 is 4.74 Å². The van der Waals surface area contributed by atoms with Crippen LogP contribution in [-0.4, -0.2) is 9.97 Å². The molecule has 0 atom stereocenters. The van der Waals surface area contributed by atoms with E-state index in [-0.39, 0.29) is 5.41 Å². The molecule has 0 fully saturated rings. The number of aromatic nitrogens is 2. The third kappa shape index (κ3) is 3.89. The molecule has 2 aromatic heterocycles. The van der Waals surface area contributed by atoms with Crippen molar-refractivity contribution in [3.05, 3.63) is 58.7 Å². The molecule has 1 aromatic carbocycles. The van der Waals surface area contributed by atoms with E-state index in [1.807, 2.05) is 24.3 Å². The zero-order valence-corrected chi connectivity index (χ0v) is 14.8. The van der Waals surface area contributed by atoms with Crippen LogP contribution in [0.5, 0.6) is 11.6 Å². The number of thiazole rings is 1. The van der Waals surface area contributed by atoms with Crippen LogP contribution < -0.4 is 4.74 Å². The van der Waals surface area contributed by atoms with Gasteiger partial charge in [-0.1, -0.05) is 32.4 Å². The summed E-state index contributed by atoms with van der Waals surface area (Å²) >= 11 is 7.49. The molecular formula is C18H17ClN2OS. The van der Waals surface area contributed by atoms with E-state index in [9.17, 15) is 0 Å². The molecule has 0 N–H and O–H groups in total. The van der Waals surface area contributed by atoms with Crippen LogP contribution in [0.3, 0.4) is 0 Å². The Morgan fingerprint density at radius 1 is 1.04 bits per heavy atom. The second-order valence-electron chi connectivity index (χ2n) is 6.23. The molecule has 0 spiro atoms. The van der Waals surface area contributed by atoms with Gasteiger partial charge in [0.2, 0.25) is 5.88 Å². The first-order chi connectivity index (χ1) is 10.9. The van der Waals surface area contributed by atoms with Crippen LogP contribution in [0, 0.1) is 0 Å². The van der Waals surface area contributed by atoms with Gasteiger partial charge in [-0.2, -0.15) is 0 Å². The van der Waals surface area contributed by atoms with E-state index in [1.165, 1.54) is 0 Å². The van der Waals surface area contributed by atoms with Gasteiger partial charge >= 0.3 is 0 Å². The smallest absolute Gasteiger partial charge is 0.219 e. The van der Waals surface area contributed by atoms with Gasteiger partial charge in [0, 0.05) is 33.6 Å². The molecule has 5 heteroatoms. The highest BCUT2D eigenvalue weighted by Gasteiger charge is 2.18. The van der Waals surface area contributed by atoms with Gasteiger partial charge in [0.1, 0.15) is 10.8 Å². The predicted octanol–water partition coefficient (Wildman–Crippen LogP) is 5.95. The third-order valence-electron chi connectivity index (χ3n) is 3.29. The molecule has 0 amide bonds. The standard InChI is InChI=1S/C18H17ClN2OS/c1-18(2,3)15-11-23-17(21-15)12-4-9-16(20-10-12)22-14-7-5-13(19)6-8-14/h4-11H,1-3H3. The number of hydrogen-bond donors (Lipinski definition) is 0. The molecule has 3 rings (SSSR count). The molecule has 2 heterocycles. The Morgan fingerprint density at radius 3 is 2.35 bits per heavy atom. The summed E-state index contributed by atoms with van der Waals surface area (Å²) in [4.78, 5) is 9.05. The van der Waals surface area contributed by atoms with E-state index in [2.05, 4.69) is 31.1 Å². The Hall–Kier alpha value is -1.91. The van der Waals surface area contributed by atoms with E-state index >= 15 is 0 Å². The minimum atomic E-state index is 0.0554. The molecule has 0 bridgehead atoms. The van der Waals surface area contributed by atoms with Crippen LogP contribution in [0.1, 0.15) is 26.5 Å². The van der Waals surface area contributed by atoms with Crippen molar-refractivity contribution in [3.8, 4) is 22.2 Å². The molecule has 0 saturated heterocycles. The Morgan fingerprint density at radius 2 is 1.78 bits per heavy atom. The zero-order chi connectivity index (χ0) is 16.4. The van der Waals surface area contributed by atoms with Crippen LogP contribution in [0.15, 0.2) is 48.0 Å². The summed E-state index contributed by atoms with van der Waals surface area (Å²) in [6, 6.07) is 11.0. The summed E-state index contributed by atoms with van der Waals surface area (Å²) in [5, 5.41) is 3.76. The molecule has 118 valence electrons. The van der Waals surface area contributed by atoms with Crippen LogP contribution in [0.2, 0.25) is 5.02 Å². The Labute approximate surface area is 145 Å². The number of hydrogen-bond acceptors (Lipinski definition) is 4. The monoisotopic (exact) mass is 344 g/mol. The second kappa shape index (κ2) is 6.30. The van der Waals surface area contributed by atoms with Crippen LogP contribution >= 0.6 is 22.9 Å². The minimum Gasteiger partial charge on any atom is -0.439 e. The quantitative estimate of drug-likeness (QED) is 0.589. The first-order valence-electron chi connectivity index (χ1n) is 7.28. The third-order valence-corrected chi connectivity index (χ3v) is 4.44. The summed E-state index contributed by atoms with van der Waals surface area (Å²) in [6.07, 6.45) is 1.79. The number of benzene rings is 1. The van der Waals surface area contributed by atoms with Crippen molar-refractivity contribution in [1.29, 1.82) is 0 Å². The van der Waals surface area contributed by atoms with Gasteiger partial charge in [-0.25, -0.2) is 9.97 Å². The lowest BCUT2D eigenvalue weighted by atomic mass is 9.93. The maximum atomic E-state index is 5.86. The van der Waals surface area contributed by atoms with Gasteiger partial charge in [-0.3, -0.25) is 0 Å². The van der Waals surface area contributed by atoms with Crippen LogP contribution in [0.25, 0.3) is 10.6 Å². The van der Waals surface area contributed by atoms with E-state index < -0.39 is 0 Å². The van der Waals surface area contributed by atoms with Crippen molar-refractivity contribution in [2.24, 2.45) is 0 Å². The van der Waals surface area contributed by atoms with Gasteiger partial charge in [0.15, 0.2) is 0 Å². The molecule has 0 aliphatic heterocycles. The van der Waals surface area contributed by atoms with Crippen molar-refractivity contribution in [3.63, 3.8) is 0 Å². The number of rotatable bonds is 3. The summed E-state index contributed by atoms with van der Waals surface area (Å²) in [7, 11) is 0. The van der Waals surface area contributed by atoms with Crippen molar-refractivity contribution in [1.82, 2.24) is 9.97 Å². The Bertz CT molecular complexity index is 789. The Balaban J connectivity index is 1.76. The fraction of sp³-hybridized carbons (Fsp3) is 0.222. The van der Waals surface area contributed by atoms with E-state index in [1.54, 1.807) is 29.7 Å². The highest BCUT2D eigenvalue weighted by molar-refractivity contribution is 7.13. The molecule has 0 radical (unpaired) electrons. The maximum absolute atomic E-state index is 5.86. The van der Waals surface area contributed by atoms with Gasteiger partial charge in [-0.05, 0) is 30.3 Å². The zero-order valence-electron chi connectivity index (χ0n) is 13.2. The fourth-order valence-electron chi connectivity index (χ4n) is 1.94. The highest BCUT2D eigenvalue weighted by atomic mass is 35.5. The second-order valence-corrected chi connectivity index (χ2v) is 7.52. The SMILES string of the molecule is CC(C)(C)c1csc(-c2ccc(Oc3ccc(Cl)cc3)nc2)n1. The molecule has 0 unspecified atom stereocenters. The number of halogens is 1. The minimum absolute atomic E-state index is 0.0554. The maximum Gasteiger partial charge on any atom is 0.219 e. The number of pyridine rings is 1. The molecule has 0 saturated carbocycles. The van der Waals surface area contributed by atoms with Crippen molar-refractivity contribution in [2.45, 2.75) is 26.2 Å². The summed E-state index contributed by atoms with van der Waals surface area (Å²) in [6.45, 7) is 6.48. The number of nitrogens with zero attached hydrogens (tertiary/aromatic N) is 2. The van der Waals surface area contributed by atoms with E-state index in [0.29, 0.717) is 16.7 Å². The molecule has 23 heavy (non-hydrogen) atoms. The van der Waals surface area contributed by atoms with Crippen molar-refractivity contribution < 1.29 is 4.74 Å². The fourth-order valence-corrected chi connectivity index (χ4v) is 3.10. The van der Waals surface area contributed by atoms with E-state index in [4.69, 9.17) is 21.3 Å². The average molecular weight is 345 g/mol. The normalized spacial score (nSPS) is 11.5. The van der Waals surface area contributed by atoms with Crippen LogP contribution in [-0.2, 0) is 5.41 Å². The Kier molecular flexibility index (Phi) is 4.37. The van der Waals surface area contributed by atoms with Crippen molar-refractivity contribution >= 4 is 22.9 Å². The van der Waals surface area contributed by atoms with Crippen molar-refractivity contribution in [2.75, 3.05) is 0 Å². The number of ether oxygens (including phenoxy) is 1. The lowest BCUT2D eigenvalue weighted by Gasteiger charge is -2.14. The molecule has 3 nitrogen and oxygen atoms in total. The molecule has 0 aliphatic rings. The molecule has 0 aliphatic carbocycles. The van der Waals surface area contributed by atoms with Gasteiger partial charge in [0.05, 0.1) is 5.69 Å². The van der Waals surface area contributed by atoms with E-state index in [0.717, 1.165) is 16.3 Å². The van der Waals surface area contributed by atoms with Gasteiger partial charge in [-0.15, -0.1) is 11.3 Å². The molecule has 3 aromatic rings. The lowest BCUT2D eigenvalue weighted by Crippen LogP contribution is -2.11.